The van der Waals surface area contributed by atoms with Gasteiger partial charge >= 0.3 is 0 Å². The van der Waals surface area contributed by atoms with Crippen molar-refractivity contribution in [1.29, 1.82) is 0 Å². The number of sulfonamides is 1. The van der Waals surface area contributed by atoms with Crippen LogP contribution in [0.4, 0.5) is 17.4 Å². The van der Waals surface area contributed by atoms with Crippen LogP contribution in [0.5, 0.6) is 0 Å². The van der Waals surface area contributed by atoms with Crippen LogP contribution in [0.3, 0.4) is 0 Å². The summed E-state index contributed by atoms with van der Waals surface area (Å²) in [4.78, 5) is 18.3. The summed E-state index contributed by atoms with van der Waals surface area (Å²) < 4.78 is 32.4. The summed E-state index contributed by atoms with van der Waals surface area (Å²) in [7, 11) is -3.27. The van der Waals surface area contributed by atoms with Crippen molar-refractivity contribution in [2.75, 3.05) is 54.4 Å². The molecule has 2 heterocycles. The summed E-state index contributed by atoms with van der Waals surface area (Å²) in [6.07, 6.45) is 1.79. The summed E-state index contributed by atoms with van der Waals surface area (Å²) in [5.74, 6) is -0.292. The van der Waals surface area contributed by atoms with Crippen LogP contribution in [-0.4, -0.2) is 68.1 Å². The van der Waals surface area contributed by atoms with Gasteiger partial charge in [0, 0.05) is 43.8 Å². The van der Waals surface area contributed by atoms with Crippen LogP contribution in [0.15, 0.2) is 33.4 Å². The van der Waals surface area contributed by atoms with Gasteiger partial charge in [-0.25, -0.2) is 8.42 Å². The number of carbonyl (C=O) groups excluding carboxylic acids is 1. The minimum atomic E-state index is -3.27. The van der Waals surface area contributed by atoms with Crippen LogP contribution in [0.1, 0.15) is 32.2 Å². The number of piperazine rings is 1. The molecule has 0 bridgehead atoms. The van der Waals surface area contributed by atoms with Crippen molar-refractivity contribution in [3.63, 3.8) is 0 Å². The number of nitrogen functional groups attached to an aromatic ring is 1. The van der Waals surface area contributed by atoms with Gasteiger partial charge in [-0.2, -0.15) is 9.29 Å². The molecule has 0 spiro atoms. The number of nitrogens with zero attached hydrogens (tertiary/aromatic N) is 3. The number of nitrogens with one attached hydrogen (secondary N) is 2. The number of aromatic nitrogens is 1. The Balaban J connectivity index is 0.00000385. The maximum Gasteiger partial charge on any atom is 0.292 e. The first-order valence-corrected chi connectivity index (χ1v) is 12.8. The van der Waals surface area contributed by atoms with E-state index in [1.807, 2.05) is 32.0 Å². The van der Waals surface area contributed by atoms with E-state index in [2.05, 4.69) is 36.4 Å². The molecule has 0 unspecified atom stereocenters. The second-order valence-corrected chi connectivity index (χ2v) is 10.8. The molecule has 12 heteroatoms. The first kappa shape index (κ1) is 24.5. The Morgan fingerprint density at radius 3 is 2.66 bits per heavy atom. The lowest BCUT2D eigenvalue weighted by Gasteiger charge is -2.35. The number of carbonyl (C=O) groups is 1. The van der Waals surface area contributed by atoms with Gasteiger partial charge in [-0.05, 0) is 47.1 Å². The highest BCUT2D eigenvalue weighted by molar-refractivity contribution is 9.10. The molecule has 0 atom stereocenters. The van der Waals surface area contributed by atoms with Gasteiger partial charge in [0.1, 0.15) is 6.26 Å². The smallest absolute Gasteiger partial charge is 0.292 e. The zero-order valence-corrected chi connectivity index (χ0v) is 20.6. The van der Waals surface area contributed by atoms with E-state index in [0.29, 0.717) is 55.3 Å². The molecule has 1 aliphatic heterocycles. The van der Waals surface area contributed by atoms with Crippen LogP contribution in [0, 0.1) is 0 Å². The normalized spacial score (nSPS) is 15.3. The third-order valence-electron chi connectivity index (χ3n) is 5.08. The summed E-state index contributed by atoms with van der Waals surface area (Å²) in [5.41, 5.74) is 6.97. The number of rotatable bonds is 9. The fraction of sp³-hybridized carbons (Fsp3) is 0.500. The lowest BCUT2D eigenvalue weighted by atomic mass is 10.2. The first-order valence-electron chi connectivity index (χ1n) is 10.4. The molecule has 1 aliphatic rings. The van der Waals surface area contributed by atoms with E-state index in [4.69, 9.17) is 10.2 Å². The Morgan fingerprint density at radius 2 is 2.03 bits per heavy atom. The van der Waals surface area contributed by atoms with Gasteiger partial charge in [0.25, 0.3) is 11.9 Å². The van der Waals surface area contributed by atoms with Crippen molar-refractivity contribution < 1.29 is 19.1 Å². The zero-order chi connectivity index (χ0) is 23.3. The SMILES string of the molecule is CC(C)NCCCS(=O)(=O)N1CCN(c2ccc(Br)c(NC(=O)c3coc(N)n3)c2)CC1.[HH]. The topological polar surface area (TPSA) is 134 Å². The van der Waals surface area contributed by atoms with Gasteiger partial charge in [-0.15, -0.1) is 0 Å². The zero-order valence-electron chi connectivity index (χ0n) is 18.2. The van der Waals surface area contributed by atoms with Gasteiger partial charge in [-0.3, -0.25) is 4.79 Å². The quantitative estimate of drug-likeness (QED) is 0.420. The van der Waals surface area contributed by atoms with Crippen molar-refractivity contribution in [3.8, 4) is 0 Å². The molecule has 0 saturated carbocycles. The molecule has 3 rings (SSSR count). The van der Waals surface area contributed by atoms with E-state index in [-0.39, 0.29) is 18.9 Å². The Morgan fingerprint density at radius 1 is 1.31 bits per heavy atom. The van der Waals surface area contributed by atoms with Gasteiger partial charge in [0.15, 0.2) is 5.69 Å². The summed E-state index contributed by atoms with van der Waals surface area (Å²) >= 11 is 3.44. The van der Waals surface area contributed by atoms with E-state index in [1.165, 1.54) is 6.26 Å². The van der Waals surface area contributed by atoms with Crippen LogP contribution in [-0.2, 0) is 10.0 Å². The van der Waals surface area contributed by atoms with Crippen molar-refractivity contribution in [3.05, 3.63) is 34.6 Å². The van der Waals surface area contributed by atoms with E-state index >= 15 is 0 Å². The Labute approximate surface area is 198 Å². The predicted octanol–water partition coefficient (Wildman–Crippen LogP) is 2.36. The first-order chi connectivity index (χ1) is 15.2. The number of nitrogens with two attached hydrogens (primary N) is 1. The predicted molar refractivity (Wildman–Crippen MR) is 130 cm³/mol. The summed E-state index contributed by atoms with van der Waals surface area (Å²) in [5, 5.41) is 6.03. The highest BCUT2D eigenvalue weighted by Gasteiger charge is 2.27. The second kappa shape index (κ2) is 10.6. The molecule has 178 valence electrons. The number of benzene rings is 1. The largest absolute Gasteiger partial charge is 0.431 e. The molecule has 1 aromatic carbocycles. The van der Waals surface area contributed by atoms with Crippen molar-refractivity contribution in [2.45, 2.75) is 26.3 Å². The molecule has 1 saturated heterocycles. The Kier molecular flexibility index (Phi) is 8.15. The molecule has 2 aromatic rings. The molecule has 0 aliphatic carbocycles. The maximum absolute atomic E-state index is 12.6. The molecule has 1 fully saturated rings. The lowest BCUT2D eigenvalue weighted by molar-refractivity contribution is 0.102. The fourth-order valence-corrected chi connectivity index (χ4v) is 5.22. The molecule has 0 radical (unpaired) electrons. The number of oxazole rings is 1. The van der Waals surface area contributed by atoms with E-state index in [0.717, 1.165) is 5.69 Å². The number of amides is 1. The summed E-state index contributed by atoms with van der Waals surface area (Å²) in [6.45, 7) is 6.75. The molecule has 4 N–H and O–H groups in total. The van der Waals surface area contributed by atoms with E-state index < -0.39 is 15.9 Å². The maximum atomic E-state index is 12.6. The average Bonchev–Trinajstić information content (AvgIpc) is 3.19. The fourth-order valence-electron chi connectivity index (χ4n) is 3.38. The highest BCUT2D eigenvalue weighted by atomic mass is 79.9. The average molecular weight is 531 g/mol. The van der Waals surface area contributed by atoms with Gasteiger partial charge in [0.2, 0.25) is 10.0 Å². The minimum absolute atomic E-state index is 0. The van der Waals surface area contributed by atoms with Crippen molar-refractivity contribution in [2.24, 2.45) is 0 Å². The molecule has 1 aromatic heterocycles. The van der Waals surface area contributed by atoms with Crippen molar-refractivity contribution >= 4 is 49.2 Å². The molecule has 1 amide bonds. The minimum Gasteiger partial charge on any atom is -0.431 e. The Hall–Kier alpha value is -2.15. The molecule has 10 nitrogen and oxygen atoms in total. The number of halogens is 1. The molecular formula is C20H31BrN6O4S. The monoisotopic (exact) mass is 530 g/mol. The third kappa shape index (κ3) is 6.44. The van der Waals surface area contributed by atoms with Crippen LogP contribution in [0.2, 0.25) is 0 Å². The second-order valence-electron chi connectivity index (χ2n) is 7.85. The third-order valence-corrected chi connectivity index (χ3v) is 7.73. The molecular weight excluding hydrogens is 500 g/mol. The van der Waals surface area contributed by atoms with E-state index in [1.54, 1.807) is 4.31 Å². The van der Waals surface area contributed by atoms with Crippen LogP contribution in [0.25, 0.3) is 0 Å². The van der Waals surface area contributed by atoms with Crippen molar-refractivity contribution in [1.82, 2.24) is 14.6 Å². The number of hydrogen-bond acceptors (Lipinski definition) is 8. The van der Waals surface area contributed by atoms with Crippen LogP contribution < -0.4 is 21.3 Å². The number of hydrogen-bond donors (Lipinski definition) is 3. The Bertz CT molecular complexity index is 1040. The molecule has 32 heavy (non-hydrogen) atoms. The lowest BCUT2D eigenvalue weighted by Crippen LogP contribution is -2.49. The van der Waals surface area contributed by atoms with E-state index in [9.17, 15) is 13.2 Å². The highest BCUT2D eigenvalue weighted by Crippen LogP contribution is 2.29. The van der Waals surface area contributed by atoms with Gasteiger partial charge < -0.3 is 25.7 Å². The van der Waals surface area contributed by atoms with Gasteiger partial charge in [-0.1, -0.05) is 13.8 Å². The van der Waals surface area contributed by atoms with Gasteiger partial charge in [0.05, 0.1) is 11.4 Å². The van der Waals surface area contributed by atoms with Crippen LogP contribution >= 0.6 is 15.9 Å². The number of anilines is 3. The summed E-state index contributed by atoms with van der Waals surface area (Å²) in [6, 6.07) is 5.87. The standard InChI is InChI=1S/C20H29BrN6O4S.H2/c1-14(2)23-6-3-11-32(29,30)27-9-7-26(8-10-27)15-4-5-16(21)17(12-15)24-19(28)18-13-31-20(22)25-18;/h4-5,12-14,23H,3,6-11H2,1-2H3,(H2,22,25)(H,24,28);1H.